The van der Waals surface area contributed by atoms with E-state index in [-0.39, 0.29) is 18.4 Å². The molecule has 1 aliphatic rings. The summed E-state index contributed by atoms with van der Waals surface area (Å²) in [5.74, 6) is -0.903. The largest absolute Gasteiger partial charge is 0.481 e. The maximum absolute atomic E-state index is 13.2. The number of hydrogen-bond acceptors (Lipinski definition) is 4. The van der Waals surface area contributed by atoms with Crippen LogP contribution >= 0.6 is 0 Å². The van der Waals surface area contributed by atoms with Gasteiger partial charge in [0.15, 0.2) is 0 Å². The lowest BCUT2D eigenvalue weighted by atomic mass is 10.1. The molecule has 4 rings (SSSR count). The molecule has 8 heteroatoms. The van der Waals surface area contributed by atoms with Gasteiger partial charge in [0.05, 0.1) is 28.6 Å². The standard InChI is InChI=1S/C22H25N3O4S/c1-3-16-8-10-17(11-9-16)30(28,29)24-13-15(2)21(14-24)25-20-7-5-4-6-18(20)19(23-25)12-22(26)27/h4-11,15,21H,3,12-14H2,1-2H3,(H,26,27)/t15-,21+/m1/s1. The van der Waals surface area contributed by atoms with Crippen molar-refractivity contribution < 1.29 is 18.3 Å². The molecule has 1 saturated heterocycles. The van der Waals surface area contributed by atoms with Crippen molar-refractivity contribution in [1.29, 1.82) is 0 Å². The van der Waals surface area contributed by atoms with Gasteiger partial charge in [-0.15, -0.1) is 0 Å². The number of hydrogen-bond donors (Lipinski definition) is 1. The van der Waals surface area contributed by atoms with Gasteiger partial charge in [-0.25, -0.2) is 8.42 Å². The molecule has 158 valence electrons. The molecule has 2 aromatic carbocycles. The molecule has 1 aliphatic heterocycles. The Morgan fingerprint density at radius 2 is 1.83 bits per heavy atom. The molecule has 0 aliphatic carbocycles. The number of aliphatic carboxylic acids is 1. The molecule has 3 aromatic rings. The summed E-state index contributed by atoms with van der Waals surface area (Å²) in [6.07, 6.45) is 0.689. The number of carbonyl (C=O) groups is 1. The molecule has 0 spiro atoms. The zero-order chi connectivity index (χ0) is 21.5. The summed E-state index contributed by atoms with van der Waals surface area (Å²) in [6.45, 7) is 4.74. The van der Waals surface area contributed by atoms with Gasteiger partial charge in [0, 0.05) is 18.5 Å². The van der Waals surface area contributed by atoms with Crippen LogP contribution in [0.3, 0.4) is 0 Å². The molecule has 2 heterocycles. The van der Waals surface area contributed by atoms with E-state index in [9.17, 15) is 18.3 Å². The Morgan fingerprint density at radius 1 is 1.13 bits per heavy atom. The van der Waals surface area contributed by atoms with Gasteiger partial charge in [-0.1, -0.05) is 44.2 Å². The van der Waals surface area contributed by atoms with Crippen molar-refractivity contribution in [3.05, 3.63) is 59.8 Å². The van der Waals surface area contributed by atoms with Crippen LogP contribution < -0.4 is 0 Å². The molecule has 7 nitrogen and oxygen atoms in total. The number of rotatable bonds is 6. The second-order valence-electron chi connectivity index (χ2n) is 7.84. The number of fused-ring (bicyclic) bond motifs is 1. The third-order valence-electron chi connectivity index (χ3n) is 5.83. The average Bonchev–Trinajstić information content (AvgIpc) is 3.29. The van der Waals surface area contributed by atoms with E-state index in [1.54, 1.807) is 12.1 Å². The second kappa shape index (κ2) is 7.85. The SMILES string of the molecule is CCc1ccc(S(=O)(=O)N2C[C@@H](C)[C@@H](n3nc(CC(=O)O)c4ccccc43)C2)cc1. The highest BCUT2D eigenvalue weighted by atomic mass is 32.2. The van der Waals surface area contributed by atoms with Gasteiger partial charge in [-0.05, 0) is 36.1 Å². The van der Waals surface area contributed by atoms with E-state index >= 15 is 0 Å². The molecular formula is C22H25N3O4S. The fraction of sp³-hybridized carbons (Fsp3) is 0.364. The maximum atomic E-state index is 13.2. The summed E-state index contributed by atoms with van der Waals surface area (Å²) in [6, 6.07) is 14.4. The Balaban J connectivity index is 1.67. The van der Waals surface area contributed by atoms with Crippen molar-refractivity contribution in [3.8, 4) is 0 Å². The van der Waals surface area contributed by atoms with E-state index in [4.69, 9.17) is 0 Å². The number of carboxylic acids is 1. The molecule has 2 atom stereocenters. The fourth-order valence-electron chi connectivity index (χ4n) is 4.15. The van der Waals surface area contributed by atoms with Gasteiger partial charge in [-0.2, -0.15) is 9.40 Å². The summed E-state index contributed by atoms with van der Waals surface area (Å²) < 4.78 is 29.7. The minimum absolute atomic E-state index is 0.0377. The minimum Gasteiger partial charge on any atom is -0.481 e. The molecule has 30 heavy (non-hydrogen) atoms. The first-order valence-corrected chi connectivity index (χ1v) is 11.5. The molecule has 0 unspecified atom stereocenters. The number of aryl methyl sites for hydroxylation is 1. The van der Waals surface area contributed by atoms with E-state index in [1.807, 2.05) is 54.9 Å². The zero-order valence-corrected chi connectivity index (χ0v) is 17.8. The van der Waals surface area contributed by atoms with Crippen molar-refractivity contribution >= 4 is 26.9 Å². The molecule has 0 saturated carbocycles. The monoisotopic (exact) mass is 427 g/mol. The smallest absolute Gasteiger partial charge is 0.309 e. The zero-order valence-electron chi connectivity index (χ0n) is 17.0. The van der Waals surface area contributed by atoms with Crippen LogP contribution in [0.15, 0.2) is 53.4 Å². The van der Waals surface area contributed by atoms with Gasteiger partial charge in [0.2, 0.25) is 10.0 Å². The normalized spacial score (nSPS) is 20.1. The maximum Gasteiger partial charge on any atom is 0.309 e. The van der Waals surface area contributed by atoms with E-state index in [2.05, 4.69) is 5.10 Å². The summed E-state index contributed by atoms with van der Waals surface area (Å²) in [4.78, 5) is 11.6. The topological polar surface area (TPSA) is 92.5 Å². The van der Waals surface area contributed by atoms with Crippen molar-refractivity contribution in [3.63, 3.8) is 0 Å². The molecule has 0 bridgehead atoms. The number of aromatic nitrogens is 2. The number of benzene rings is 2. The van der Waals surface area contributed by atoms with E-state index in [1.165, 1.54) is 4.31 Å². The Bertz CT molecular complexity index is 1180. The number of carboxylic acid groups (broad SMARTS) is 1. The Labute approximate surface area is 176 Å². The Morgan fingerprint density at radius 3 is 2.50 bits per heavy atom. The van der Waals surface area contributed by atoms with Crippen molar-refractivity contribution in [1.82, 2.24) is 14.1 Å². The lowest BCUT2D eigenvalue weighted by molar-refractivity contribution is -0.136. The van der Waals surface area contributed by atoms with E-state index < -0.39 is 16.0 Å². The highest BCUT2D eigenvalue weighted by molar-refractivity contribution is 7.89. The van der Waals surface area contributed by atoms with Gasteiger partial charge in [0.1, 0.15) is 0 Å². The average molecular weight is 428 g/mol. The third kappa shape index (κ3) is 3.61. The minimum atomic E-state index is -3.60. The van der Waals surface area contributed by atoms with Gasteiger partial charge in [-0.3, -0.25) is 9.48 Å². The van der Waals surface area contributed by atoms with E-state index in [0.717, 1.165) is 22.9 Å². The summed E-state index contributed by atoms with van der Waals surface area (Å²) in [5.41, 5.74) is 2.43. The van der Waals surface area contributed by atoms with Crippen molar-refractivity contribution in [2.45, 2.75) is 37.6 Å². The first-order valence-electron chi connectivity index (χ1n) is 10.1. The van der Waals surface area contributed by atoms with E-state index in [0.29, 0.717) is 23.7 Å². The van der Waals surface area contributed by atoms with Crippen LogP contribution in [0.25, 0.3) is 10.9 Å². The van der Waals surface area contributed by atoms with Crippen molar-refractivity contribution in [2.75, 3.05) is 13.1 Å². The Kier molecular flexibility index (Phi) is 5.38. The third-order valence-corrected chi connectivity index (χ3v) is 7.68. The molecule has 1 N–H and O–H groups in total. The van der Waals surface area contributed by atoms with Gasteiger partial charge < -0.3 is 5.11 Å². The number of nitrogens with zero attached hydrogens (tertiary/aromatic N) is 3. The van der Waals surface area contributed by atoms with Crippen LogP contribution in [0.2, 0.25) is 0 Å². The molecule has 1 aromatic heterocycles. The lowest BCUT2D eigenvalue weighted by Crippen LogP contribution is -2.29. The van der Waals surface area contributed by atoms with Crippen LogP contribution in [0, 0.1) is 5.92 Å². The van der Waals surface area contributed by atoms with Gasteiger partial charge >= 0.3 is 5.97 Å². The second-order valence-corrected chi connectivity index (χ2v) is 9.78. The quantitative estimate of drug-likeness (QED) is 0.653. The number of sulfonamides is 1. The van der Waals surface area contributed by atoms with Crippen LogP contribution in [-0.4, -0.2) is 46.7 Å². The van der Waals surface area contributed by atoms with Gasteiger partial charge in [0.25, 0.3) is 0 Å². The van der Waals surface area contributed by atoms with Crippen LogP contribution in [-0.2, 0) is 27.7 Å². The molecule has 0 radical (unpaired) electrons. The van der Waals surface area contributed by atoms with Crippen LogP contribution in [0.1, 0.15) is 31.1 Å². The fourth-order valence-corrected chi connectivity index (χ4v) is 5.71. The molecule has 0 amide bonds. The highest BCUT2D eigenvalue weighted by Crippen LogP contribution is 2.34. The van der Waals surface area contributed by atoms with Crippen LogP contribution in [0.5, 0.6) is 0 Å². The van der Waals surface area contributed by atoms with Crippen molar-refractivity contribution in [2.24, 2.45) is 5.92 Å². The highest BCUT2D eigenvalue weighted by Gasteiger charge is 2.39. The summed E-state index contributed by atoms with van der Waals surface area (Å²) in [5, 5.41) is 14.6. The predicted octanol–water partition coefficient (Wildman–Crippen LogP) is 3.11. The first-order chi connectivity index (χ1) is 14.3. The summed E-state index contributed by atoms with van der Waals surface area (Å²) in [7, 11) is -3.60. The molecule has 1 fully saturated rings. The predicted molar refractivity (Wildman–Crippen MR) is 114 cm³/mol. The van der Waals surface area contributed by atoms with Crippen LogP contribution in [0.4, 0.5) is 0 Å². The Hall–Kier alpha value is -2.71. The number of para-hydroxylation sites is 1. The first kappa shape index (κ1) is 20.6. The molecular weight excluding hydrogens is 402 g/mol. The summed E-state index contributed by atoms with van der Waals surface area (Å²) >= 11 is 0. The lowest BCUT2D eigenvalue weighted by Gasteiger charge is -2.18.